The first kappa shape index (κ1) is 20.8. The standard InChI is InChI=1S/C24H21BrN4O2/c1-3-31-21-14-10-19(11-15-21)26-24(30)22-27-23(17-6-8-18(25)9-7-17)29(28-22)20-12-4-16(2)5-13-20/h4-15H,3H2,1-2H3,(H,26,30). The molecule has 0 fully saturated rings. The summed E-state index contributed by atoms with van der Waals surface area (Å²) >= 11 is 3.45. The molecule has 0 unspecified atom stereocenters. The third kappa shape index (κ3) is 4.83. The zero-order valence-corrected chi connectivity index (χ0v) is 18.8. The lowest BCUT2D eigenvalue weighted by atomic mass is 10.2. The Morgan fingerprint density at radius 2 is 1.68 bits per heavy atom. The van der Waals surface area contributed by atoms with E-state index in [0.29, 0.717) is 18.1 Å². The van der Waals surface area contributed by atoms with Gasteiger partial charge < -0.3 is 10.1 Å². The van der Waals surface area contributed by atoms with E-state index in [-0.39, 0.29) is 11.7 Å². The summed E-state index contributed by atoms with van der Waals surface area (Å²) in [6.07, 6.45) is 0. The molecule has 1 amide bonds. The van der Waals surface area contributed by atoms with Crippen molar-refractivity contribution in [3.63, 3.8) is 0 Å². The van der Waals surface area contributed by atoms with E-state index in [0.717, 1.165) is 27.0 Å². The highest BCUT2D eigenvalue weighted by atomic mass is 79.9. The average Bonchev–Trinajstić information content (AvgIpc) is 3.22. The van der Waals surface area contributed by atoms with E-state index < -0.39 is 0 Å². The number of carbonyl (C=O) groups is 1. The molecule has 0 aliphatic heterocycles. The van der Waals surface area contributed by atoms with Gasteiger partial charge in [0.25, 0.3) is 5.91 Å². The number of aromatic nitrogens is 3. The van der Waals surface area contributed by atoms with E-state index in [1.807, 2.05) is 74.5 Å². The molecule has 156 valence electrons. The second-order valence-electron chi connectivity index (χ2n) is 6.92. The largest absolute Gasteiger partial charge is 0.494 e. The van der Waals surface area contributed by atoms with Gasteiger partial charge in [0, 0.05) is 15.7 Å². The summed E-state index contributed by atoms with van der Waals surface area (Å²) in [4.78, 5) is 17.4. The normalized spacial score (nSPS) is 10.7. The second kappa shape index (κ2) is 9.14. The van der Waals surface area contributed by atoms with Crippen LogP contribution in [0.5, 0.6) is 5.75 Å². The number of hydrogen-bond acceptors (Lipinski definition) is 4. The summed E-state index contributed by atoms with van der Waals surface area (Å²) in [5.74, 6) is 1.05. The first-order valence-corrected chi connectivity index (χ1v) is 10.7. The summed E-state index contributed by atoms with van der Waals surface area (Å²) in [5.41, 5.74) is 3.47. The summed E-state index contributed by atoms with van der Waals surface area (Å²) in [6.45, 7) is 4.54. The van der Waals surface area contributed by atoms with Crippen molar-refractivity contribution in [2.24, 2.45) is 0 Å². The highest BCUT2D eigenvalue weighted by Crippen LogP contribution is 2.24. The first-order valence-electron chi connectivity index (χ1n) is 9.88. The fraction of sp³-hybridized carbons (Fsp3) is 0.125. The molecule has 1 heterocycles. The van der Waals surface area contributed by atoms with Gasteiger partial charge in [0.1, 0.15) is 5.75 Å². The van der Waals surface area contributed by atoms with Crippen LogP contribution in [0.2, 0.25) is 0 Å². The monoisotopic (exact) mass is 476 g/mol. The van der Waals surface area contributed by atoms with Gasteiger partial charge >= 0.3 is 0 Å². The summed E-state index contributed by atoms with van der Waals surface area (Å²) in [7, 11) is 0. The molecule has 7 heteroatoms. The molecule has 4 rings (SSSR count). The lowest BCUT2D eigenvalue weighted by Gasteiger charge is -2.06. The number of nitrogens with zero attached hydrogens (tertiary/aromatic N) is 3. The van der Waals surface area contributed by atoms with Crippen molar-refractivity contribution < 1.29 is 9.53 Å². The van der Waals surface area contributed by atoms with Gasteiger partial charge in [-0.05, 0) is 62.4 Å². The summed E-state index contributed by atoms with van der Waals surface area (Å²) in [5, 5.41) is 7.36. The van der Waals surface area contributed by atoms with Gasteiger partial charge in [-0.1, -0.05) is 45.8 Å². The van der Waals surface area contributed by atoms with Gasteiger partial charge in [0.15, 0.2) is 5.82 Å². The molecule has 1 N–H and O–H groups in total. The first-order chi connectivity index (χ1) is 15.0. The molecule has 3 aromatic carbocycles. The van der Waals surface area contributed by atoms with Crippen molar-refractivity contribution in [3.05, 3.63) is 88.7 Å². The van der Waals surface area contributed by atoms with Crippen LogP contribution in [-0.2, 0) is 0 Å². The third-order valence-corrected chi connectivity index (χ3v) is 5.14. The number of hydrogen-bond donors (Lipinski definition) is 1. The van der Waals surface area contributed by atoms with E-state index >= 15 is 0 Å². The smallest absolute Gasteiger partial charge is 0.295 e. The number of nitrogens with one attached hydrogen (secondary N) is 1. The van der Waals surface area contributed by atoms with Crippen molar-refractivity contribution in [2.75, 3.05) is 11.9 Å². The van der Waals surface area contributed by atoms with Crippen molar-refractivity contribution >= 4 is 27.5 Å². The van der Waals surface area contributed by atoms with Gasteiger partial charge in [0.05, 0.1) is 12.3 Å². The Morgan fingerprint density at radius 3 is 2.32 bits per heavy atom. The Hall–Kier alpha value is -3.45. The second-order valence-corrected chi connectivity index (χ2v) is 7.84. The van der Waals surface area contributed by atoms with Crippen LogP contribution in [0.4, 0.5) is 5.69 Å². The molecular weight excluding hydrogens is 456 g/mol. The zero-order valence-electron chi connectivity index (χ0n) is 17.2. The lowest BCUT2D eigenvalue weighted by Crippen LogP contribution is -2.14. The van der Waals surface area contributed by atoms with Crippen LogP contribution < -0.4 is 10.1 Å². The van der Waals surface area contributed by atoms with Crippen molar-refractivity contribution in [2.45, 2.75) is 13.8 Å². The highest BCUT2D eigenvalue weighted by Gasteiger charge is 2.19. The maximum Gasteiger partial charge on any atom is 0.295 e. The van der Waals surface area contributed by atoms with E-state index in [2.05, 4.69) is 31.3 Å². The Balaban J connectivity index is 1.67. The summed E-state index contributed by atoms with van der Waals surface area (Å²) < 4.78 is 8.09. The number of carbonyl (C=O) groups excluding carboxylic acids is 1. The molecule has 31 heavy (non-hydrogen) atoms. The Bertz CT molecular complexity index is 1120. The number of halogens is 1. The molecule has 0 radical (unpaired) electrons. The highest BCUT2D eigenvalue weighted by molar-refractivity contribution is 9.10. The van der Waals surface area contributed by atoms with Gasteiger partial charge in [0.2, 0.25) is 5.82 Å². The number of rotatable bonds is 6. The zero-order chi connectivity index (χ0) is 21.8. The van der Waals surface area contributed by atoms with Crippen molar-refractivity contribution in [3.8, 4) is 22.8 Å². The SMILES string of the molecule is CCOc1ccc(NC(=O)c2nc(-c3ccc(Br)cc3)n(-c3ccc(C)cc3)n2)cc1. The molecule has 1 aromatic heterocycles. The Kier molecular flexibility index (Phi) is 6.13. The van der Waals surface area contributed by atoms with Crippen LogP contribution in [0.3, 0.4) is 0 Å². The van der Waals surface area contributed by atoms with Crippen LogP contribution in [0, 0.1) is 6.92 Å². The van der Waals surface area contributed by atoms with Crippen LogP contribution in [-0.4, -0.2) is 27.3 Å². The van der Waals surface area contributed by atoms with Crippen LogP contribution in [0.15, 0.2) is 77.3 Å². The third-order valence-electron chi connectivity index (χ3n) is 4.61. The fourth-order valence-corrected chi connectivity index (χ4v) is 3.31. The number of aryl methyl sites for hydroxylation is 1. The van der Waals surface area contributed by atoms with Crippen LogP contribution in [0.25, 0.3) is 17.1 Å². The van der Waals surface area contributed by atoms with E-state index in [4.69, 9.17) is 4.74 Å². The predicted molar refractivity (Wildman–Crippen MR) is 125 cm³/mol. The lowest BCUT2D eigenvalue weighted by molar-refractivity contribution is 0.101. The quantitative estimate of drug-likeness (QED) is 0.389. The summed E-state index contributed by atoms with van der Waals surface area (Å²) in [6, 6.07) is 22.9. The molecule has 4 aromatic rings. The van der Waals surface area contributed by atoms with E-state index in [1.54, 1.807) is 16.8 Å². The molecule has 0 aliphatic carbocycles. The Morgan fingerprint density at radius 1 is 1.00 bits per heavy atom. The molecule has 0 spiro atoms. The molecule has 0 atom stereocenters. The van der Waals surface area contributed by atoms with Crippen LogP contribution in [0.1, 0.15) is 23.1 Å². The number of benzene rings is 3. The van der Waals surface area contributed by atoms with Gasteiger partial charge in [-0.3, -0.25) is 4.79 Å². The molecule has 0 aliphatic rings. The minimum atomic E-state index is -0.381. The number of amides is 1. The van der Waals surface area contributed by atoms with Gasteiger partial charge in [-0.25, -0.2) is 9.67 Å². The van der Waals surface area contributed by atoms with Crippen molar-refractivity contribution in [1.82, 2.24) is 14.8 Å². The molecular formula is C24H21BrN4O2. The minimum absolute atomic E-state index is 0.0902. The fourth-order valence-electron chi connectivity index (χ4n) is 3.05. The topological polar surface area (TPSA) is 69.0 Å². The number of anilines is 1. The molecule has 6 nitrogen and oxygen atoms in total. The van der Waals surface area contributed by atoms with Crippen molar-refractivity contribution in [1.29, 1.82) is 0 Å². The predicted octanol–water partition coefficient (Wildman–Crippen LogP) is 5.66. The maximum absolute atomic E-state index is 12.9. The number of ether oxygens (including phenoxy) is 1. The van der Waals surface area contributed by atoms with Crippen LogP contribution >= 0.6 is 15.9 Å². The molecule has 0 saturated carbocycles. The Labute approximate surface area is 189 Å². The maximum atomic E-state index is 12.9. The molecule has 0 saturated heterocycles. The minimum Gasteiger partial charge on any atom is -0.494 e. The van der Waals surface area contributed by atoms with E-state index in [9.17, 15) is 4.79 Å². The average molecular weight is 477 g/mol. The van der Waals surface area contributed by atoms with Gasteiger partial charge in [-0.2, -0.15) is 0 Å². The molecule has 0 bridgehead atoms. The van der Waals surface area contributed by atoms with E-state index in [1.165, 1.54) is 0 Å². The van der Waals surface area contributed by atoms with Gasteiger partial charge in [-0.15, -0.1) is 5.10 Å².